The Morgan fingerprint density at radius 2 is 1.86 bits per heavy atom. The van der Waals surface area contributed by atoms with Gasteiger partial charge in [0, 0.05) is 23.3 Å². The molecule has 1 aromatic carbocycles. The van der Waals surface area contributed by atoms with Gasteiger partial charge in [0.05, 0.1) is 11.3 Å². The predicted octanol–water partition coefficient (Wildman–Crippen LogP) is 4.27. The standard InChI is InChI=1S/C17H11N3S/c18-11-15(10-13-6-8-19-9-7-13)17-20-16(12-21-17)14-4-2-1-3-5-14/h1-10,12H/b15-10-. The summed E-state index contributed by atoms with van der Waals surface area (Å²) in [5.74, 6) is 0. The highest BCUT2D eigenvalue weighted by molar-refractivity contribution is 7.11. The lowest BCUT2D eigenvalue weighted by atomic mass is 10.1. The van der Waals surface area contributed by atoms with Crippen LogP contribution in [0.5, 0.6) is 0 Å². The third-order valence-corrected chi connectivity index (χ3v) is 3.82. The van der Waals surface area contributed by atoms with Gasteiger partial charge in [-0.05, 0) is 23.8 Å². The van der Waals surface area contributed by atoms with Crippen LogP contribution in [0.4, 0.5) is 0 Å². The van der Waals surface area contributed by atoms with E-state index in [1.54, 1.807) is 12.4 Å². The summed E-state index contributed by atoms with van der Waals surface area (Å²) in [4.78, 5) is 8.53. The third kappa shape index (κ3) is 3.04. The van der Waals surface area contributed by atoms with Crippen molar-refractivity contribution >= 4 is 23.0 Å². The van der Waals surface area contributed by atoms with Gasteiger partial charge in [0.1, 0.15) is 11.1 Å². The van der Waals surface area contributed by atoms with Gasteiger partial charge < -0.3 is 0 Å². The van der Waals surface area contributed by atoms with Crippen molar-refractivity contribution < 1.29 is 0 Å². The largest absolute Gasteiger partial charge is 0.265 e. The number of aromatic nitrogens is 2. The smallest absolute Gasteiger partial charge is 0.134 e. The van der Waals surface area contributed by atoms with Crippen LogP contribution in [0.25, 0.3) is 22.9 Å². The normalized spacial score (nSPS) is 11.1. The molecule has 3 aromatic rings. The first-order valence-electron chi connectivity index (χ1n) is 6.40. The molecule has 3 rings (SSSR count). The molecule has 0 saturated carbocycles. The first-order valence-corrected chi connectivity index (χ1v) is 7.28. The summed E-state index contributed by atoms with van der Waals surface area (Å²) in [6, 6.07) is 15.9. The van der Waals surface area contributed by atoms with E-state index in [0.717, 1.165) is 21.8 Å². The second kappa shape index (κ2) is 6.12. The van der Waals surface area contributed by atoms with Crippen molar-refractivity contribution in [2.45, 2.75) is 0 Å². The Labute approximate surface area is 126 Å². The summed E-state index contributed by atoms with van der Waals surface area (Å²) in [5.41, 5.74) is 3.46. The van der Waals surface area contributed by atoms with E-state index in [4.69, 9.17) is 0 Å². The topological polar surface area (TPSA) is 49.6 Å². The summed E-state index contributed by atoms with van der Waals surface area (Å²) in [6.07, 6.45) is 5.24. The molecular formula is C17H11N3S. The highest BCUT2D eigenvalue weighted by Crippen LogP contribution is 2.26. The summed E-state index contributed by atoms with van der Waals surface area (Å²) in [6.45, 7) is 0. The lowest BCUT2D eigenvalue weighted by molar-refractivity contribution is 1.32. The van der Waals surface area contributed by atoms with Gasteiger partial charge in [-0.15, -0.1) is 11.3 Å². The molecule has 21 heavy (non-hydrogen) atoms. The van der Waals surface area contributed by atoms with Gasteiger partial charge in [-0.1, -0.05) is 30.3 Å². The summed E-state index contributed by atoms with van der Waals surface area (Å²) < 4.78 is 0. The molecule has 0 aliphatic heterocycles. The zero-order chi connectivity index (χ0) is 14.5. The number of nitrogens with zero attached hydrogens (tertiary/aromatic N) is 3. The average molecular weight is 289 g/mol. The number of benzene rings is 1. The van der Waals surface area contributed by atoms with Gasteiger partial charge in [-0.25, -0.2) is 4.98 Å². The number of pyridine rings is 1. The van der Waals surface area contributed by atoms with Gasteiger partial charge in [0.2, 0.25) is 0 Å². The van der Waals surface area contributed by atoms with Gasteiger partial charge in [0.15, 0.2) is 0 Å². The molecule has 0 amide bonds. The molecule has 0 saturated heterocycles. The predicted molar refractivity (Wildman–Crippen MR) is 85.3 cm³/mol. The molecule has 0 aliphatic carbocycles. The van der Waals surface area contributed by atoms with Crippen molar-refractivity contribution in [1.82, 2.24) is 9.97 Å². The molecule has 0 radical (unpaired) electrons. The average Bonchev–Trinajstić information content (AvgIpc) is 3.04. The van der Waals surface area contributed by atoms with Crippen molar-refractivity contribution in [1.29, 1.82) is 5.26 Å². The van der Waals surface area contributed by atoms with Crippen molar-refractivity contribution in [3.63, 3.8) is 0 Å². The van der Waals surface area contributed by atoms with Crippen molar-refractivity contribution in [2.24, 2.45) is 0 Å². The van der Waals surface area contributed by atoms with Gasteiger partial charge >= 0.3 is 0 Å². The molecular weight excluding hydrogens is 278 g/mol. The van der Waals surface area contributed by atoms with Gasteiger partial charge in [0.25, 0.3) is 0 Å². The minimum absolute atomic E-state index is 0.563. The van der Waals surface area contributed by atoms with Crippen LogP contribution in [0.3, 0.4) is 0 Å². The van der Waals surface area contributed by atoms with Crippen LogP contribution in [0.15, 0.2) is 60.2 Å². The number of rotatable bonds is 3. The zero-order valence-electron chi connectivity index (χ0n) is 11.1. The van der Waals surface area contributed by atoms with E-state index in [1.165, 1.54) is 11.3 Å². The number of hydrogen-bond donors (Lipinski definition) is 0. The first kappa shape index (κ1) is 13.2. The van der Waals surface area contributed by atoms with Crippen LogP contribution >= 0.6 is 11.3 Å². The molecule has 0 spiro atoms. The molecule has 0 atom stereocenters. The summed E-state index contributed by atoms with van der Waals surface area (Å²) in [7, 11) is 0. The molecule has 0 fully saturated rings. The van der Waals surface area contributed by atoms with E-state index in [9.17, 15) is 5.26 Å². The minimum Gasteiger partial charge on any atom is -0.265 e. The van der Waals surface area contributed by atoms with Crippen LogP contribution in [-0.2, 0) is 0 Å². The molecule has 0 aliphatic rings. The maximum absolute atomic E-state index is 9.35. The number of nitriles is 1. The van der Waals surface area contributed by atoms with Crippen LogP contribution in [0.1, 0.15) is 10.6 Å². The monoisotopic (exact) mass is 289 g/mol. The Bertz CT molecular complexity index is 799. The Morgan fingerprint density at radius 1 is 1.10 bits per heavy atom. The second-order valence-corrected chi connectivity index (χ2v) is 5.21. The van der Waals surface area contributed by atoms with Gasteiger partial charge in [-0.2, -0.15) is 5.26 Å². The summed E-state index contributed by atoms with van der Waals surface area (Å²) >= 11 is 1.48. The lowest BCUT2D eigenvalue weighted by Gasteiger charge is -1.96. The molecule has 2 heterocycles. The first-order chi connectivity index (χ1) is 10.4. The van der Waals surface area contributed by atoms with Crippen LogP contribution < -0.4 is 0 Å². The molecule has 0 N–H and O–H groups in total. The van der Waals surface area contributed by atoms with E-state index >= 15 is 0 Å². The maximum atomic E-state index is 9.35. The number of thiazole rings is 1. The maximum Gasteiger partial charge on any atom is 0.134 e. The third-order valence-electron chi connectivity index (χ3n) is 2.94. The molecule has 0 unspecified atom stereocenters. The fourth-order valence-corrected chi connectivity index (χ4v) is 2.70. The van der Waals surface area contributed by atoms with Crippen molar-refractivity contribution in [3.05, 3.63) is 70.8 Å². The Balaban J connectivity index is 1.95. The van der Waals surface area contributed by atoms with Gasteiger partial charge in [-0.3, -0.25) is 4.98 Å². The van der Waals surface area contributed by atoms with E-state index in [-0.39, 0.29) is 0 Å². The molecule has 0 bridgehead atoms. The zero-order valence-corrected chi connectivity index (χ0v) is 11.9. The van der Waals surface area contributed by atoms with Crippen LogP contribution in [-0.4, -0.2) is 9.97 Å². The van der Waals surface area contributed by atoms with E-state index in [2.05, 4.69) is 16.0 Å². The lowest BCUT2D eigenvalue weighted by Crippen LogP contribution is -1.83. The van der Waals surface area contributed by atoms with E-state index < -0.39 is 0 Å². The quantitative estimate of drug-likeness (QED) is 0.676. The second-order valence-electron chi connectivity index (χ2n) is 4.35. The van der Waals surface area contributed by atoms with E-state index in [1.807, 2.05) is 53.9 Å². The fraction of sp³-hybridized carbons (Fsp3) is 0. The Hall–Kier alpha value is -2.77. The Morgan fingerprint density at radius 3 is 2.57 bits per heavy atom. The van der Waals surface area contributed by atoms with Crippen molar-refractivity contribution in [3.8, 4) is 17.3 Å². The molecule has 3 nitrogen and oxygen atoms in total. The van der Waals surface area contributed by atoms with Crippen LogP contribution in [0, 0.1) is 11.3 Å². The minimum atomic E-state index is 0.563. The molecule has 100 valence electrons. The molecule has 4 heteroatoms. The fourth-order valence-electron chi connectivity index (χ4n) is 1.91. The summed E-state index contributed by atoms with van der Waals surface area (Å²) in [5, 5.41) is 12.1. The SMILES string of the molecule is N#C/C(=C/c1ccncc1)c1nc(-c2ccccc2)cs1. The van der Waals surface area contributed by atoms with Crippen LogP contribution in [0.2, 0.25) is 0 Å². The van der Waals surface area contributed by atoms with Crippen molar-refractivity contribution in [2.75, 3.05) is 0 Å². The highest BCUT2D eigenvalue weighted by Gasteiger charge is 2.08. The number of allylic oxidation sites excluding steroid dienone is 1. The Kier molecular flexibility index (Phi) is 3.85. The number of hydrogen-bond acceptors (Lipinski definition) is 4. The van der Waals surface area contributed by atoms with E-state index in [0.29, 0.717) is 5.57 Å². The molecule has 2 aromatic heterocycles. The highest BCUT2D eigenvalue weighted by atomic mass is 32.1.